The van der Waals surface area contributed by atoms with Crippen molar-refractivity contribution in [2.75, 3.05) is 64.6 Å². The zero-order valence-corrected chi connectivity index (χ0v) is 25.6. The normalized spacial score (nSPS) is 19.2. The highest BCUT2D eigenvalue weighted by Crippen LogP contribution is 2.33. The highest BCUT2D eigenvalue weighted by atomic mass is 16.5. The molecule has 0 bridgehead atoms. The highest BCUT2D eigenvalue weighted by Gasteiger charge is 2.24. The molecule has 0 unspecified atom stereocenters. The predicted octanol–water partition coefficient (Wildman–Crippen LogP) is 6.07. The van der Waals surface area contributed by atoms with E-state index >= 15 is 0 Å². The van der Waals surface area contributed by atoms with Gasteiger partial charge in [0.1, 0.15) is 12.4 Å². The van der Waals surface area contributed by atoms with Crippen molar-refractivity contribution in [2.45, 2.75) is 45.6 Å². The molecule has 0 radical (unpaired) electrons. The predicted molar refractivity (Wildman–Crippen MR) is 172 cm³/mol. The molecule has 0 aliphatic carbocycles. The number of carbonyl (C=O) groups is 1. The minimum Gasteiger partial charge on any atom is -0.491 e. The first kappa shape index (κ1) is 31.5. The van der Waals surface area contributed by atoms with E-state index in [4.69, 9.17) is 14.2 Å². The third-order valence-electron chi connectivity index (χ3n) is 7.63. The Morgan fingerprint density at radius 3 is 2.69 bits per heavy atom. The SMILES string of the molecule is C=C/C=C(\C)NC(=O)/C1=C/c2cc(-c3ccc(OCCOCCCC)cc3)ccc2N(C[C@@H]2CN(C)CCO2)CCC1. The molecule has 7 heteroatoms. The summed E-state index contributed by atoms with van der Waals surface area (Å²) in [5.41, 5.74) is 5.92. The molecule has 1 fully saturated rings. The van der Waals surface area contributed by atoms with E-state index in [1.54, 1.807) is 6.08 Å². The number of hydrogen-bond acceptors (Lipinski definition) is 6. The Hall–Kier alpha value is -3.39. The Balaban J connectivity index is 1.56. The lowest BCUT2D eigenvalue weighted by atomic mass is 9.96. The lowest BCUT2D eigenvalue weighted by Gasteiger charge is -2.36. The second-order valence-electron chi connectivity index (χ2n) is 11.1. The van der Waals surface area contributed by atoms with E-state index in [0.29, 0.717) is 19.6 Å². The average molecular weight is 574 g/mol. The molecule has 1 amide bonds. The topological polar surface area (TPSA) is 63.3 Å². The number of morpholine rings is 1. The third kappa shape index (κ3) is 9.31. The van der Waals surface area contributed by atoms with Gasteiger partial charge in [-0.2, -0.15) is 0 Å². The molecule has 2 aliphatic heterocycles. The van der Waals surface area contributed by atoms with E-state index in [1.165, 1.54) is 0 Å². The number of unbranched alkanes of at least 4 members (excludes halogenated alkanes) is 1. The van der Waals surface area contributed by atoms with E-state index in [0.717, 1.165) is 98.1 Å². The zero-order valence-electron chi connectivity index (χ0n) is 25.6. The van der Waals surface area contributed by atoms with Crippen LogP contribution in [0.25, 0.3) is 17.2 Å². The summed E-state index contributed by atoms with van der Waals surface area (Å²) in [6.45, 7) is 14.0. The van der Waals surface area contributed by atoms with Crippen molar-refractivity contribution in [2.24, 2.45) is 0 Å². The van der Waals surface area contributed by atoms with E-state index in [9.17, 15) is 4.79 Å². The van der Waals surface area contributed by atoms with Gasteiger partial charge in [-0.25, -0.2) is 0 Å². The van der Waals surface area contributed by atoms with Crippen molar-refractivity contribution < 1.29 is 19.0 Å². The number of rotatable bonds is 13. The number of allylic oxidation sites excluding steroid dienone is 3. The summed E-state index contributed by atoms with van der Waals surface area (Å²) in [6, 6.07) is 14.7. The number of amides is 1. The van der Waals surface area contributed by atoms with E-state index < -0.39 is 0 Å². The van der Waals surface area contributed by atoms with Crippen molar-refractivity contribution in [3.63, 3.8) is 0 Å². The summed E-state index contributed by atoms with van der Waals surface area (Å²) >= 11 is 0. The minimum atomic E-state index is -0.0622. The molecule has 7 nitrogen and oxygen atoms in total. The highest BCUT2D eigenvalue weighted by molar-refractivity contribution is 6.00. The van der Waals surface area contributed by atoms with Crippen molar-refractivity contribution in [1.29, 1.82) is 0 Å². The monoisotopic (exact) mass is 573 g/mol. The number of hydrogen-bond donors (Lipinski definition) is 1. The molecule has 0 aromatic heterocycles. The number of nitrogens with zero attached hydrogens (tertiary/aromatic N) is 2. The molecular weight excluding hydrogens is 526 g/mol. The van der Waals surface area contributed by atoms with Gasteiger partial charge in [0.25, 0.3) is 5.91 Å². The van der Waals surface area contributed by atoms with Crippen LogP contribution in [0.3, 0.4) is 0 Å². The molecular formula is C35H47N3O4. The van der Waals surface area contributed by atoms with Crippen LogP contribution in [0.15, 0.2) is 72.5 Å². The number of likely N-dealkylation sites (N-methyl/N-ethyl adjacent to an activating group) is 1. The van der Waals surface area contributed by atoms with Gasteiger partial charge < -0.3 is 29.3 Å². The fraction of sp³-hybridized carbons (Fsp3) is 0.457. The molecule has 0 spiro atoms. The molecule has 1 atom stereocenters. The minimum absolute atomic E-state index is 0.0622. The van der Waals surface area contributed by atoms with Gasteiger partial charge in [-0.1, -0.05) is 44.2 Å². The fourth-order valence-electron chi connectivity index (χ4n) is 5.36. The maximum absolute atomic E-state index is 13.2. The van der Waals surface area contributed by atoms with Gasteiger partial charge >= 0.3 is 0 Å². The van der Waals surface area contributed by atoms with Gasteiger partial charge in [0.2, 0.25) is 0 Å². The standard InChI is InChI=1S/C35H47N3O4/c1-5-7-19-40-21-22-42-32-14-11-28(12-15-32)29-13-16-34-31(23-29)24-30(35(39)36-27(3)9-6-2)10-8-17-38(34)26-33-25-37(4)18-20-41-33/h6,9,11-16,23-24,33H,2,5,7-8,10,17-22,25-26H2,1,3-4H3,(H,36,39)/b27-9+,30-24+/t33-/m0/s1. The van der Waals surface area contributed by atoms with E-state index in [1.807, 2.05) is 25.1 Å². The molecule has 226 valence electrons. The van der Waals surface area contributed by atoms with Gasteiger partial charge in [-0.05, 0) is 86.3 Å². The zero-order chi connectivity index (χ0) is 29.7. The molecule has 1 N–H and O–H groups in total. The Morgan fingerprint density at radius 2 is 1.93 bits per heavy atom. The average Bonchev–Trinajstić information content (AvgIpc) is 2.97. The Morgan fingerprint density at radius 1 is 1.12 bits per heavy atom. The number of ether oxygens (including phenoxy) is 3. The Bertz CT molecular complexity index is 1240. The molecule has 0 saturated carbocycles. The first-order valence-corrected chi connectivity index (χ1v) is 15.3. The first-order chi connectivity index (χ1) is 20.5. The van der Waals surface area contributed by atoms with Crippen molar-refractivity contribution in [1.82, 2.24) is 10.2 Å². The van der Waals surface area contributed by atoms with Crippen molar-refractivity contribution in [3.05, 3.63) is 78.0 Å². The van der Waals surface area contributed by atoms with Gasteiger partial charge in [0, 0.05) is 49.7 Å². The number of nitrogens with one attached hydrogen (secondary N) is 1. The van der Waals surface area contributed by atoms with Crippen LogP contribution >= 0.6 is 0 Å². The van der Waals surface area contributed by atoms with Crippen LogP contribution in [0.5, 0.6) is 5.75 Å². The van der Waals surface area contributed by atoms with E-state index in [2.05, 4.69) is 72.1 Å². The number of anilines is 1. The van der Waals surface area contributed by atoms with Crippen LogP contribution in [0.2, 0.25) is 0 Å². The molecule has 2 aromatic carbocycles. The number of carbonyl (C=O) groups excluding carboxylic acids is 1. The Kier molecular flexibility index (Phi) is 12.2. The summed E-state index contributed by atoms with van der Waals surface area (Å²) in [6.07, 6.45) is 9.50. The molecule has 42 heavy (non-hydrogen) atoms. The summed E-state index contributed by atoms with van der Waals surface area (Å²) in [5.74, 6) is 0.766. The maximum Gasteiger partial charge on any atom is 0.251 e. The van der Waals surface area contributed by atoms with Crippen LogP contribution in [0.4, 0.5) is 5.69 Å². The Labute approximate surface area is 251 Å². The summed E-state index contributed by atoms with van der Waals surface area (Å²) in [7, 11) is 2.15. The largest absolute Gasteiger partial charge is 0.491 e. The van der Waals surface area contributed by atoms with Crippen molar-refractivity contribution >= 4 is 17.7 Å². The second kappa shape index (κ2) is 16.3. The molecule has 1 saturated heterocycles. The fourth-order valence-corrected chi connectivity index (χ4v) is 5.36. The van der Waals surface area contributed by atoms with Crippen molar-refractivity contribution in [3.8, 4) is 16.9 Å². The third-order valence-corrected chi connectivity index (χ3v) is 7.63. The summed E-state index contributed by atoms with van der Waals surface area (Å²) < 4.78 is 17.6. The van der Waals surface area contributed by atoms with Gasteiger partial charge in [-0.3, -0.25) is 4.79 Å². The first-order valence-electron chi connectivity index (χ1n) is 15.3. The smallest absolute Gasteiger partial charge is 0.251 e. The van der Waals surface area contributed by atoms with E-state index in [-0.39, 0.29) is 12.0 Å². The number of benzene rings is 2. The molecule has 2 aromatic rings. The summed E-state index contributed by atoms with van der Waals surface area (Å²) in [5, 5.41) is 3.02. The van der Waals surface area contributed by atoms with Crippen LogP contribution in [-0.2, 0) is 14.3 Å². The molecule has 2 heterocycles. The van der Waals surface area contributed by atoms with Gasteiger partial charge in [0.05, 0.1) is 19.3 Å². The van der Waals surface area contributed by atoms with Gasteiger partial charge in [-0.15, -0.1) is 0 Å². The molecule has 2 aliphatic rings. The molecule has 4 rings (SSSR count). The quantitative estimate of drug-likeness (QED) is 0.232. The second-order valence-corrected chi connectivity index (χ2v) is 11.1. The van der Waals surface area contributed by atoms with Crippen LogP contribution in [-0.4, -0.2) is 76.6 Å². The van der Waals surface area contributed by atoms with Gasteiger partial charge in [0.15, 0.2) is 0 Å². The van der Waals surface area contributed by atoms with Crippen LogP contribution in [0.1, 0.15) is 45.1 Å². The van der Waals surface area contributed by atoms with Crippen LogP contribution in [0, 0.1) is 0 Å². The summed E-state index contributed by atoms with van der Waals surface area (Å²) in [4.78, 5) is 18.0. The number of fused-ring (bicyclic) bond motifs is 1. The lowest BCUT2D eigenvalue weighted by molar-refractivity contribution is -0.116. The van der Waals surface area contributed by atoms with Crippen LogP contribution < -0.4 is 15.0 Å². The maximum atomic E-state index is 13.2. The lowest BCUT2D eigenvalue weighted by Crippen LogP contribution is -2.46.